The Balaban J connectivity index is 1.88. The van der Waals surface area contributed by atoms with E-state index in [-0.39, 0.29) is 0 Å². The van der Waals surface area contributed by atoms with E-state index in [1.54, 1.807) is 36.4 Å². The molecule has 1 atom stereocenters. The average Bonchev–Trinajstić information content (AvgIpc) is 2.98. The number of methoxy groups -OCH3 is 1. The molecule has 0 fully saturated rings. The largest absolute Gasteiger partial charge is 0.497 e. The van der Waals surface area contributed by atoms with Crippen molar-refractivity contribution in [3.8, 4) is 5.75 Å². The molecular weight excluding hydrogens is 378 g/mol. The Morgan fingerprint density at radius 2 is 2.08 bits per heavy atom. The molecule has 0 saturated heterocycles. The van der Waals surface area contributed by atoms with Gasteiger partial charge in [0.2, 0.25) is 0 Å². The van der Waals surface area contributed by atoms with E-state index in [1.165, 1.54) is 26.2 Å². The van der Waals surface area contributed by atoms with Gasteiger partial charge >= 0.3 is 5.97 Å². The van der Waals surface area contributed by atoms with Crippen LogP contribution in [0.25, 0.3) is 6.08 Å². The molecular formula is C17H16BrNO5. The number of nitrogens with one attached hydrogen (secondary N) is 1. The summed E-state index contributed by atoms with van der Waals surface area (Å²) in [6, 6.07) is 10.3. The number of ether oxygens (including phenoxy) is 2. The summed E-state index contributed by atoms with van der Waals surface area (Å²) in [5.41, 5.74) is 0.554. The van der Waals surface area contributed by atoms with Crippen molar-refractivity contribution < 1.29 is 23.5 Å². The normalized spacial score (nSPS) is 12.0. The summed E-state index contributed by atoms with van der Waals surface area (Å²) in [6.07, 6.45) is 1.71. The maximum Gasteiger partial charge on any atom is 0.331 e. The highest BCUT2D eigenvalue weighted by atomic mass is 79.9. The number of carbonyl (C=O) groups is 2. The molecule has 1 aromatic heterocycles. The van der Waals surface area contributed by atoms with E-state index in [1.807, 2.05) is 0 Å². The first-order valence-electron chi connectivity index (χ1n) is 7.07. The molecule has 0 radical (unpaired) electrons. The molecule has 6 nitrogen and oxygen atoms in total. The maximum atomic E-state index is 12.0. The third kappa shape index (κ3) is 5.27. The minimum Gasteiger partial charge on any atom is -0.497 e. The van der Waals surface area contributed by atoms with Gasteiger partial charge in [0.1, 0.15) is 11.5 Å². The molecule has 1 heterocycles. The molecule has 2 aromatic rings. The van der Waals surface area contributed by atoms with Crippen molar-refractivity contribution in [3.05, 3.63) is 52.9 Å². The van der Waals surface area contributed by atoms with Crippen molar-refractivity contribution in [1.82, 2.24) is 0 Å². The lowest BCUT2D eigenvalue weighted by atomic mass is 10.3. The molecule has 0 aliphatic rings. The Kier molecular flexibility index (Phi) is 6.20. The highest BCUT2D eigenvalue weighted by molar-refractivity contribution is 9.10. The lowest BCUT2D eigenvalue weighted by Gasteiger charge is -2.12. The van der Waals surface area contributed by atoms with Gasteiger partial charge in [0.05, 0.1) is 7.11 Å². The van der Waals surface area contributed by atoms with Gasteiger partial charge in [-0.3, -0.25) is 4.79 Å². The molecule has 0 aliphatic carbocycles. The second-order valence-corrected chi connectivity index (χ2v) is 5.56. The minimum absolute atomic E-state index is 0.439. The highest BCUT2D eigenvalue weighted by Crippen LogP contribution is 2.17. The summed E-state index contributed by atoms with van der Waals surface area (Å²) in [4.78, 5) is 23.8. The summed E-state index contributed by atoms with van der Waals surface area (Å²) in [7, 11) is 1.54. The first-order valence-corrected chi connectivity index (χ1v) is 7.86. The van der Waals surface area contributed by atoms with Gasteiger partial charge < -0.3 is 19.2 Å². The minimum atomic E-state index is -0.948. The summed E-state index contributed by atoms with van der Waals surface area (Å²) in [5.74, 6) is 0.0267. The summed E-state index contributed by atoms with van der Waals surface area (Å²) < 4.78 is 15.9. The zero-order valence-electron chi connectivity index (χ0n) is 13.1. The van der Waals surface area contributed by atoms with E-state index in [9.17, 15) is 9.59 Å². The summed E-state index contributed by atoms with van der Waals surface area (Å²) in [6.45, 7) is 1.49. The van der Waals surface area contributed by atoms with Crippen LogP contribution in [0.4, 0.5) is 5.69 Å². The predicted molar refractivity (Wildman–Crippen MR) is 92.6 cm³/mol. The predicted octanol–water partition coefficient (Wildman–Crippen LogP) is 3.63. The van der Waals surface area contributed by atoms with Gasteiger partial charge in [0, 0.05) is 17.8 Å². The van der Waals surface area contributed by atoms with Crippen LogP contribution in [0.15, 0.2) is 51.6 Å². The van der Waals surface area contributed by atoms with E-state index in [2.05, 4.69) is 21.2 Å². The number of amides is 1. The molecule has 0 saturated carbocycles. The first kappa shape index (κ1) is 17.8. The molecule has 0 bridgehead atoms. The van der Waals surface area contributed by atoms with Gasteiger partial charge in [-0.05, 0) is 53.2 Å². The number of rotatable bonds is 6. The third-order valence-corrected chi connectivity index (χ3v) is 3.40. The van der Waals surface area contributed by atoms with Gasteiger partial charge in [-0.15, -0.1) is 0 Å². The van der Waals surface area contributed by atoms with Crippen LogP contribution in [-0.2, 0) is 14.3 Å². The molecule has 2 rings (SSSR count). The number of esters is 1. The van der Waals surface area contributed by atoms with Crippen molar-refractivity contribution in [1.29, 1.82) is 0 Å². The fraction of sp³-hybridized carbons (Fsp3) is 0.176. The van der Waals surface area contributed by atoms with Crippen LogP contribution in [0.5, 0.6) is 5.75 Å². The number of carbonyl (C=O) groups excluding carboxylic acids is 2. The van der Waals surface area contributed by atoms with E-state index in [0.29, 0.717) is 21.9 Å². The van der Waals surface area contributed by atoms with Crippen molar-refractivity contribution in [2.75, 3.05) is 12.4 Å². The Morgan fingerprint density at radius 3 is 2.75 bits per heavy atom. The van der Waals surface area contributed by atoms with Crippen LogP contribution in [0, 0.1) is 0 Å². The van der Waals surface area contributed by atoms with E-state index < -0.39 is 18.0 Å². The van der Waals surface area contributed by atoms with Gasteiger partial charge in [0.15, 0.2) is 10.8 Å². The topological polar surface area (TPSA) is 77.8 Å². The molecule has 126 valence electrons. The smallest absolute Gasteiger partial charge is 0.331 e. The zero-order valence-corrected chi connectivity index (χ0v) is 14.7. The SMILES string of the molecule is COc1cccc(NC(=O)[C@@H](C)OC(=O)/C=C/c2ccc(Br)o2)c1. The Bertz CT molecular complexity index is 753. The fourth-order valence-corrected chi connectivity index (χ4v) is 2.10. The Labute approximate surface area is 147 Å². The van der Waals surface area contributed by atoms with Crippen LogP contribution in [0.1, 0.15) is 12.7 Å². The van der Waals surface area contributed by atoms with E-state index in [0.717, 1.165) is 0 Å². The molecule has 7 heteroatoms. The van der Waals surface area contributed by atoms with E-state index >= 15 is 0 Å². The Hall–Kier alpha value is -2.54. The van der Waals surface area contributed by atoms with Crippen LogP contribution < -0.4 is 10.1 Å². The number of benzene rings is 1. The fourth-order valence-electron chi connectivity index (χ4n) is 1.78. The molecule has 0 aliphatic heterocycles. The average molecular weight is 394 g/mol. The zero-order chi connectivity index (χ0) is 17.5. The van der Waals surface area contributed by atoms with Crippen LogP contribution >= 0.6 is 15.9 Å². The molecule has 0 spiro atoms. The lowest BCUT2D eigenvalue weighted by Crippen LogP contribution is -2.29. The lowest BCUT2D eigenvalue weighted by molar-refractivity contribution is -0.148. The van der Waals surface area contributed by atoms with Crippen LogP contribution in [-0.4, -0.2) is 25.1 Å². The first-order chi connectivity index (χ1) is 11.5. The number of furan rings is 1. The number of hydrogen-bond acceptors (Lipinski definition) is 5. The van der Waals surface area contributed by atoms with Crippen molar-refractivity contribution >= 4 is 39.6 Å². The Morgan fingerprint density at radius 1 is 1.29 bits per heavy atom. The van der Waals surface area contributed by atoms with Crippen LogP contribution in [0.3, 0.4) is 0 Å². The molecule has 0 unspecified atom stereocenters. The summed E-state index contributed by atoms with van der Waals surface area (Å²) >= 11 is 3.16. The molecule has 24 heavy (non-hydrogen) atoms. The number of hydrogen-bond donors (Lipinski definition) is 1. The second-order valence-electron chi connectivity index (χ2n) is 4.78. The van der Waals surface area contributed by atoms with Gasteiger partial charge in [-0.1, -0.05) is 6.07 Å². The van der Waals surface area contributed by atoms with Gasteiger partial charge in [0.25, 0.3) is 5.91 Å². The van der Waals surface area contributed by atoms with E-state index in [4.69, 9.17) is 13.9 Å². The van der Waals surface area contributed by atoms with Crippen molar-refractivity contribution in [3.63, 3.8) is 0 Å². The van der Waals surface area contributed by atoms with Gasteiger partial charge in [-0.2, -0.15) is 0 Å². The molecule has 1 aromatic carbocycles. The quantitative estimate of drug-likeness (QED) is 0.598. The van der Waals surface area contributed by atoms with Crippen LogP contribution in [0.2, 0.25) is 0 Å². The third-order valence-electron chi connectivity index (χ3n) is 2.98. The molecule has 1 amide bonds. The van der Waals surface area contributed by atoms with Crippen molar-refractivity contribution in [2.24, 2.45) is 0 Å². The number of anilines is 1. The number of halogens is 1. The van der Waals surface area contributed by atoms with Gasteiger partial charge in [-0.25, -0.2) is 4.79 Å². The highest BCUT2D eigenvalue weighted by Gasteiger charge is 2.17. The standard InChI is InChI=1S/C17H16BrNO5/c1-11(17(21)19-12-4-3-5-14(10-12)22-2)23-16(20)9-7-13-6-8-15(18)24-13/h3-11H,1-2H3,(H,19,21)/b9-7+/t11-/m1/s1. The van der Waals surface area contributed by atoms with Crippen molar-refractivity contribution in [2.45, 2.75) is 13.0 Å². The second kappa shape index (κ2) is 8.35. The maximum absolute atomic E-state index is 12.0. The monoisotopic (exact) mass is 393 g/mol. The molecule has 1 N–H and O–H groups in total. The summed E-state index contributed by atoms with van der Waals surface area (Å²) in [5, 5.41) is 2.65.